The van der Waals surface area contributed by atoms with Crippen LogP contribution in [0.4, 0.5) is 0 Å². The summed E-state index contributed by atoms with van der Waals surface area (Å²) in [5, 5.41) is 9.71. The number of nitrogens with zero attached hydrogens (tertiary/aromatic N) is 1. The van der Waals surface area contributed by atoms with E-state index in [1.807, 2.05) is 6.92 Å². The van der Waals surface area contributed by atoms with Gasteiger partial charge in [0.1, 0.15) is 5.01 Å². The highest BCUT2D eigenvalue weighted by molar-refractivity contribution is 7.12. The summed E-state index contributed by atoms with van der Waals surface area (Å²) in [6.07, 6.45) is 8.40. The number of aryl methyl sites for hydroxylation is 1. The Morgan fingerprint density at radius 3 is 3.00 bits per heavy atom. The van der Waals surface area contributed by atoms with E-state index in [4.69, 9.17) is 11.5 Å². The van der Waals surface area contributed by atoms with Crippen molar-refractivity contribution in [2.75, 3.05) is 0 Å². The standard InChI is InChI=1S/C9H9NOS/c1-3-4-5-9-10-7(2)8(6-11)12-9/h1,4-5,11H,6H2,2H3/b5-4+. The molecule has 0 radical (unpaired) electrons. The van der Waals surface area contributed by atoms with Crippen molar-refractivity contribution in [1.29, 1.82) is 0 Å². The number of aromatic nitrogens is 1. The second kappa shape index (κ2) is 4.05. The van der Waals surface area contributed by atoms with E-state index < -0.39 is 0 Å². The smallest absolute Gasteiger partial charge is 0.117 e. The Bertz CT molecular complexity index is 333. The molecule has 1 heterocycles. The predicted molar refractivity (Wildman–Crippen MR) is 50.6 cm³/mol. The summed E-state index contributed by atoms with van der Waals surface area (Å²) < 4.78 is 0. The molecule has 12 heavy (non-hydrogen) atoms. The van der Waals surface area contributed by atoms with Crippen LogP contribution in [0, 0.1) is 19.3 Å². The minimum Gasteiger partial charge on any atom is -0.391 e. The molecule has 0 fully saturated rings. The lowest BCUT2D eigenvalue weighted by Crippen LogP contribution is -1.80. The number of aliphatic hydroxyl groups is 1. The molecule has 0 unspecified atom stereocenters. The zero-order valence-corrected chi connectivity index (χ0v) is 7.56. The van der Waals surface area contributed by atoms with Gasteiger partial charge in [0.15, 0.2) is 0 Å². The molecule has 3 heteroatoms. The average molecular weight is 179 g/mol. The number of terminal acetylenes is 1. The summed E-state index contributed by atoms with van der Waals surface area (Å²) in [5.74, 6) is 2.39. The first kappa shape index (κ1) is 8.98. The Morgan fingerprint density at radius 1 is 1.75 bits per heavy atom. The van der Waals surface area contributed by atoms with Crippen molar-refractivity contribution in [3.05, 3.63) is 21.7 Å². The fourth-order valence-electron chi connectivity index (χ4n) is 0.788. The second-order valence-electron chi connectivity index (χ2n) is 2.22. The van der Waals surface area contributed by atoms with E-state index in [0.29, 0.717) is 0 Å². The van der Waals surface area contributed by atoms with Crippen LogP contribution in [0.1, 0.15) is 15.6 Å². The monoisotopic (exact) mass is 179 g/mol. The maximum atomic E-state index is 8.86. The van der Waals surface area contributed by atoms with Gasteiger partial charge in [0.2, 0.25) is 0 Å². The minimum absolute atomic E-state index is 0.0490. The summed E-state index contributed by atoms with van der Waals surface area (Å²) in [5.41, 5.74) is 0.874. The third-order valence-corrected chi connectivity index (χ3v) is 2.48. The fraction of sp³-hybridized carbons (Fsp3) is 0.222. The van der Waals surface area contributed by atoms with Crippen molar-refractivity contribution in [2.45, 2.75) is 13.5 Å². The molecule has 0 aliphatic rings. The van der Waals surface area contributed by atoms with E-state index in [1.54, 1.807) is 12.2 Å². The van der Waals surface area contributed by atoms with Gasteiger partial charge in [-0.05, 0) is 19.1 Å². The van der Waals surface area contributed by atoms with Crippen LogP contribution in [0.2, 0.25) is 0 Å². The topological polar surface area (TPSA) is 33.1 Å². The molecule has 1 N–H and O–H groups in total. The number of thiazole rings is 1. The number of hydrogen-bond donors (Lipinski definition) is 1. The van der Waals surface area contributed by atoms with E-state index in [2.05, 4.69) is 10.9 Å². The Balaban J connectivity index is 2.91. The van der Waals surface area contributed by atoms with Gasteiger partial charge in [-0.2, -0.15) is 0 Å². The van der Waals surface area contributed by atoms with E-state index in [-0.39, 0.29) is 6.61 Å². The number of hydrogen-bond acceptors (Lipinski definition) is 3. The molecule has 0 saturated heterocycles. The van der Waals surface area contributed by atoms with Gasteiger partial charge >= 0.3 is 0 Å². The number of rotatable bonds is 2. The van der Waals surface area contributed by atoms with Gasteiger partial charge < -0.3 is 5.11 Å². The van der Waals surface area contributed by atoms with Crippen LogP contribution in [0.15, 0.2) is 6.08 Å². The van der Waals surface area contributed by atoms with E-state index >= 15 is 0 Å². The summed E-state index contributed by atoms with van der Waals surface area (Å²) in [7, 11) is 0. The van der Waals surface area contributed by atoms with Crippen molar-refractivity contribution in [2.24, 2.45) is 0 Å². The van der Waals surface area contributed by atoms with Crippen molar-refractivity contribution >= 4 is 17.4 Å². The van der Waals surface area contributed by atoms with Gasteiger partial charge in [0, 0.05) is 0 Å². The van der Waals surface area contributed by atoms with Crippen LogP contribution in [0.5, 0.6) is 0 Å². The molecule has 2 nitrogen and oxygen atoms in total. The van der Waals surface area contributed by atoms with Gasteiger partial charge in [0.05, 0.1) is 17.2 Å². The predicted octanol–water partition coefficient (Wildman–Crippen LogP) is 1.59. The summed E-state index contributed by atoms with van der Waals surface area (Å²) >= 11 is 1.46. The molecule has 1 rings (SSSR count). The van der Waals surface area contributed by atoms with Crippen LogP contribution in [0.3, 0.4) is 0 Å². The van der Waals surface area contributed by atoms with Crippen LogP contribution < -0.4 is 0 Å². The molecule has 0 aliphatic carbocycles. The van der Waals surface area contributed by atoms with Crippen molar-refractivity contribution in [1.82, 2.24) is 4.98 Å². The molecule has 0 amide bonds. The second-order valence-corrected chi connectivity index (χ2v) is 3.33. The third-order valence-electron chi connectivity index (χ3n) is 1.37. The zero-order chi connectivity index (χ0) is 8.97. The first-order chi connectivity index (χ1) is 5.77. The molecule has 0 atom stereocenters. The molecule has 0 saturated carbocycles. The lowest BCUT2D eigenvalue weighted by molar-refractivity contribution is 0.284. The van der Waals surface area contributed by atoms with Crippen molar-refractivity contribution in [3.8, 4) is 12.3 Å². The molecular weight excluding hydrogens is 170 g/mol. The molecule has 62 valence electrons. The van der Waals surface area contributed by atoms with Gasteiger partial charge in [0.25, 0.3) is 0 Å². The first-order valence-corrected chi connectivity index (χ1v) is 4.29. The van der Waals surface area contributed by atoms with Crippen molar-refractivity contribution < 1.29 is 5.11 Å². The molecule has 0 aliphatic heterocycles. The SMILES string of the molecule is C#C/C=C/c1nc(C)c(CO)s1. The van der Waals surface area contributed by atoms with Crippen LogP contribution in [-0.4, -0.2) is 10.1 Å². The van der Waals surface area contributed by atoms with E-state index in [0.717, 1.165) is 15.6 Å². The lowest BCUT2D eigenvalue weighted by Gasteiger charge is -1.85. The van der Waals surface area contributed by atoms with Gasteiger partial charge in [-0.1, -0.05) is 5.92 Å². The first-order valence-electron chi connectivity index (χ1n) is 3.47. The quantitative estimate of drug-likeness (QED) is 0.699. The number of aliphatic hydroxyl groups excluding tert-OH is 1. The Hall–Kier alpha value is -1.11. The largest absolute Gasteiger partial charge is 0.391 e. The lowest BCUT2D eigenvalue weighted by atomic mass is 10.4. The molecule has 0 aromatic carbocycles. The minimum atomic E-state index is 0.0490. The molecule has 1 aromatic rings. The maximum absolute atomic E-state index is 8.86. The average Bonchev–Trinajstić information content (AvgIpc) is 2.43. The Labute approximate surface area is 75.6 Å². The molecule has 0 spiro atoms. The molecular formula is C9H9NOS. The van der Waals surface area contributed by atoms with Crippen LogP contribution >= 0.6 is 11.3 Å². The molecule has 1 aromatic heterocycles. The highest BCUT2D eigenvalue weighted by atomic mass is 32.1. The summed E-state index contributed by atoms with van der Waals surface area (Å²) in [4.78, 5) is 5.09. The van der Waals surface area contributed by atoms with Crippen LogP contribution in [-0.2, 0) is 6.61 Å². The highest BCUT2D eigenvalue weighted by Gasteiger charge is 2.02. The summed E-state index contributed by atoms with van der Waals surface area (Å²) in [6.45, 7) is 1.92. The fourth-order valence-corrected chi connectivity index (χ4v) is 1.62. The van der Waals surface area contributed by atoms with Crippen LogP contribution in [0.25, 0.3) is 6.08 Å². The van der Waals surface area contributed by atoms with Gasteiger partial charge in [-0.25, -0.2) is 4.98 Å². The van der Waals surface area contributed by atoms with Gasteiger partial charge in [-0.15, -0.1) is 17.8 Å². The maximum Gasteiger partial charge on any atom is 0.117 e. The van der Waals surface area contributed by atoms with E-state index in [1.165, 1.54) is 11.3 Å². The van der Waals surface area contributed by atoms with Crippen molar-refractivity contribution in [3.63, 3.8) is 0 Å². The molecule has 0 bridgehead atoms. The van der Waals surface area contributed by atoms with Gasteiger partial charge in [-0.3, -0.25) is 0 Å². The Kier molecular flexibility index (Phi) is 3.03. The summed E-state index contributed by atoms with van der Waals surface area (Å²) in [6, 6.07) is 0. The normalized spacial score (nSPS) is 10.4. The third kappa shape index (κ3) is 1.94. The number of allylic oxidation sites excluding steroid dienone is 1. The van der Waals surface area contributed by atoms with E-state index in [9.17, 15) is 0 Å². The Morgan fingerprint density at radius 2 is 2.50 bits per heavy atom. The highest BCUT2D eigenvalue weighted by Crippen LogP contribution is 2.18. The zero-order valence-electron chi connectivity index (χ0n) is 6.74.